The number of fused-ring (bicyclic) bond motifs is 1. The van der Waals surface area contributed by atoms with Gasteiger partial charge in [-0.1, -0.05) is 0 Å². The molecule has 5 heteroatoms. The molecule has 0 aliphatic carbocycles. The number of carboxylic acids is 1. The van der Waals surface area contributed by atoms with Crippen molar-refractivity contribution in [2.24, 2.45) is 0 Å². The van der Waals surface area contributed by atoms with Gasteiger partial charge in [0, 0.05) is 0 Å². The quantitative estimate of drug-likeness (QED) is 0.752. The Balaban J connectivity index is 2.53. The van der Waals surface area contributed by atoms with Crippen LogP contribution in [0.2, 0.25) is 0 Å². The van der Waals surface area contributed by atoms with E-state index >= 15 is 0 Å². The third-order valence-corrected chi connectivity index (χ3v) is 2.03. The molecule has 1 aromatic carbocycles. The molecule has 0 aromatic heterocycles. The maximum absolute atomic E-state index is 13.1. The standard InChI is InChI=1S/C9H6F2O3/c10-9(11)4-14-7-2-1-5(8(12)13)3-6(7)9/h1-3H,4H2,(H,12,13). The van der Waals surface area contributed by atoms with E-state index in [1.807, 2.05) is 0 Å². The summed E-state index contributed by atoms with van der Waals surface area (Å²) in [5, 5.41) is 8.60. The minimum Gasteiger partial charge on any atom is -0.486 e. The van der Waals surface area contributed by atoms with Crippen LogP contribution in [-0.2, 0) is 5.92 Å². The number of alkyl halides is 2. The first-order valence-electron chi connectivity index (χ1n) is 3.89. The normalized spacial score (nSPS) is 17.3. The summed E-state index contributed by atoms with van der Waals surface area (Å²) >= 11 is 0. The molecule has 74 valence electrons. The number of aromatic carboxylic acids is 1. The second-order valence-corrected chi connectivity index (χ2v) is 3.01. The SMILES string of the molecule is O=C(O)c1ccc2c(c1)C(F)(F)CO2. The van der Waals surface area contributed by atoms with E-state index in [2.05, 4.69) is 0 Å². The monoisotopic (exact) mass is 200 g/mol. The molecule has 14 heavy (non-hydrogen) atoms. The van der Waals surface area contributed by atoms with Crippen LogP contribution in [0.4, 0.5) is 8.78 Å². The highest BCUT2D eigenvalue weighted by Crippen LogP contribution is 2.41. The molecular formula is C9H6F2O3. The molecule has 2 rings (SSSR count). The lowest BCUT2D eigenvalue weighted by atomic mass is 10.1. The summed E-state index contributed by atoms with van der Waals surface area (Å²) in [7, 11) is 0. The summed E-state index contributed by atoms with van der Waals surface area (Å²) in [5.74, 6) is -4.25. The second kappa shape index (κ2) is 2.67. The molecule has 1 aromatic rings. The van der Waals surface area contributed by atoms with Crippen LogP contribution in [0.25, 0.3) is 0 Å². The van der Waals surface area contributed by atoms with Crippen LogP contribution in [0.1, 0.15) is 15.9 Å². The first-order chi connectivity index (χ1) is 6.50. The molecule has 0 saturated carbocycles. The van der Waals surface area contributed by atoms with E-state index in [9.17, 15) is 13.6 Å². The Morgan fingerprint density at radius 2 is 2.21 bits per heavy atom. The van der Waals surface area contributed by atoms with Crippen LogP contribution >= 0.6 is 0 Å². The van der Waals surface area contributed by atoms with Crippen LogP contribution in [0.3, 0.4) is 0 Å². The van der Waals surface area contributed by atoms with Crippen LogP contribution in [-0.4, -0.2) is 17.7 Å². The van der Waals surface area contributed by atoms with E-state index in [-0.39, 0.29) is 16.9 Å². The Bertz CT molecular complexity index is 401. The van der Waals surface area contributed by atoms with Crippen molar-refractivity contribution in [1.82, 2.24) is 0 Å². The number of hydrogen-bond acceptors (Lipinski definition) is 2. The van der Waals surface area contributed by atoms with Gasteiger partial charge < -0.3 is 9.84 Å². The number of halogens is 2. The zero-order chi connectivity index (χ0) is 10.3. The average molecular weight is 200 g/mol. The highest BCUT2D eigenvalue weighted by molar-refractivity contribution is 5.88. The van der Waals surface area contributed by atoms with Gasteiger partial charge in [-0.25, -0.2) is 4.79 Å². The van der Waals surface area contributed by atoms with Gasteiger partial charge in [0.1, 0.15) is 5.75 Å². The van der Waals surface area contributed by atoms with Gasteiger partial charge in [-0.2, -0.15) is 8.78 Å². The predicted molar refractivity (Wildman–Crippen MR) is 42.8 cm³/mol. The smallest absolute Gasteiger partial charge is 0.335 e. The Morgan fingerprint density at radius 3 is 2.86 bits per heavy atom. The number of carboxylic acid groups (broad SMARTS) is 1. The van der Waals surface area contributed by atoms with Crippen molar-refractivity contribution < 1.29 is 23.4 Å². The highest BCUT2D eigenvalue weighted by atomic mass is 19.3. The van der Waals surface area contributed by atoms with E-state index in [1.54, 1.807) is 0 Å². The molecule has 1 aliphatic rings. The number of ether oxygens (including phenoxy) is 1. The predicted octanol–water partition coefficient (Wildman–Crippen LogP) is 1.87. The van der Waals surface area contributed by atoms with Crippen LogP contribution in [0.5, 0.6) is 5.75 Å². The summed E-state index contributed by atoms with van der Waals surface area (Å²) in [4.78, 5) is 10.5. The number of benzene rings is 1. The molecule has 3 nitrogen and oxygen atoms in total. The maximum atomic E-state index is 13.1. The van der Waals surface area contributed by atoms with Crippen LogP contribution < -0.4 is 4.74 Å². The summed E-state index contributed by atoms with van der Waals surface area (Å²) < 4.78 is 30.8. The van der Waals surface area contributed by atoms with E-state index in [4.69, 9.17) is 9.84 Å². The van der Waals surface area contributed by atoms with Gasteiger partial charge in [0.15, 0.2) is 6.61 Å². The number of hydrogen-bond donors (Lipinski definition) is 1. The Morgan fingerprint density at radius 1 is 1.50 bits per heavy atom. The van der Waals surface area contributed by atoms with Gasteiger partial charge in [0.2, 0.25) is 0 Å². The zero-order valence-electron chi connectivity index (χ0n) is 6.96. The van der Waals surface area contributed by atoms with E-state index < -0.39 is 18.5 Å². The van der Waals surface area contributed by atoms with Gasteiger partial charge in [-0.15, -0.1) is 0 Å². The van der Waals surface area contributed by atoms with Crippen molar-refractivity contribution in [1.29, 1.82) is 0 Å². The van der Waals surface area contributed by atoms with E-state index in [0.717, 1.165) is 6.07 Å². The van der Waals surface area contributed by atoms with Gasteiger partial charge in [-0.05, 0) is 18.2 Å². The molecule has 0 saturated heterocycles. The molecule has 1 aliphatic heterocycles. The number of rotatable bonds is 1. The fraction of sp³-hybridized carbons (Fsp3) is 0.222. The second-order valence-electron chi connectivity index (χ2n) is 3.01. The summed E-state index contributed by atoms with van der Waals surface area (Å²) in [6.45, 7) is -0.717. The van der Waals surface area contributed by atoms with Gasteiger partial charge >= 0.3 is 11.9 Å². The van der Waals surface area contributed by atoms with Crippen molar-refractivity contribution in [3.8, 4) is 5.75 Å². The van der Waals surface area contributed by atoms with Gasteiger partial charge in [-0.3, -0.25) is 0 Å². The molecule has 0 spiro atoms. The van der Waals surface area contributed by atoms with Crippen molar-refractivity contribution >= 4 is 5.97 Å². The maximum Gasteiger partial charge on any atom is 0.335 e. The van der Waals surface area contributed by atoms with Crippen molar-refractivity contribution in [3.05, 3.63) is 29.3 Å². The van der Waals surface area contributed by atoms with Gasteiger partial charge in [0.25, 0.3) is 0 Å². The van der Waals surface area contributed by atoms with Gasteiger partial charge in [0.05, 0.1) is 11.1 Å². The minimum atomic E-state index is -3.08. The van der Waals surface area contributed by atoms with Crippen molar-refractivity contribution in [2.45, 2.75) is 5.92 Å². The Labute approximate surface area is 77.9 Å². The molecule has 0 unspecified atom stereocenters. The minimum absolute atomic E-state index is 0.0556. The zero-order valence-corrected chi connectivity index (χ0v) is 6.96. The average Bonchev–Trinajstić information content (AvgIpc) is 2.42. The molecule has 0 radical (unpaired) electrons. The molecule has 0 amide bonds. The molecule has 0 atom stereocenters. The summed E-state index contributed by atoms with van der Waals surface area (Å²) in [6, 6.07) is 3.44. The Hall–Kier alpha value is -1.65. The summed E-state index contributed by atoms with van der Waals surface area (Å²) in [6.07, 6.45) is 0. The third kappa shape index (κ3) is 1.21. The highest BCUT2D eigenvalue weighted by Gasteiger charge is 2.41. The van der Waals surface area contributed by atoms with Crippen LogP contribution in [0, 0.1) is 0 Å². The van der Waals surface area contributed by atoms with Crippen molar-refractivity contribution in [3.63, 3.8) is 0 Å². The fourth-order valence-electron chi connectivity index (χ4n) is 1.32. The van der Waals surface area contributed by atoms with Crippen LogP contribution in [0.15, 0.2) is 18.2 Å². The molecule has 0 bridgehead atoms. The molecule has 0 fully saturated rings. The molecular weight excluding hydrogens is 194 g/mol. The fourth-order valence-corrected chi connectivity index (χ4v) is 1.32. The topological polar surface area (TPSA) is 46.5 Å². The first-order valence-corrected chi connectivity index (χ1v) is 3.89. The number of carbonyl (C=O) groups is 1. The summed E-state index contributed by atoms with van der Waals surface area (Å²) in [5.41, 5.74) is -0.508. The molecule has 1 N–H and O–H groups in total. The van der Waals surface area contributed by atoms with E-state index in [0.29, 0.717) is 0 Å². The molecule has 1 heterocycles. The third-order valence-electron chi connectivity index (χ3n) is 2.03. The lowest BCUT2D eigenvalue weighted by Gasteiger charge is -2.06. The lowest BCUT2D eigenvalue weighted by molar-refractivity contribution is -0.0214. The van der Waals surface area contributed by atoms with E-state index in [1.165, 1.54) is 12.1 Å². The van der Waals surface area contributed by atoms with Crippen molar-refractivity contribution in [2.75, 3.05) is 6.61 Å². The Kier molecular flexibility index (Phi) is 1.70. The lowest BCUT2D eigenvalue weighted by Crippen LogP contribution is -2.14. The largest absolute Gasteiger partial charge is 0.486 e. The first kappa shape index (κ1) is 8.93.